The van der Waals surface area contributed by atoms with Crippen LogP contribution in [0.15, 0.2) is 97.1 Å². The molecule has 0 aliphatic carbocycles. The zero-order chi connectivity index (χ0) is 27.8. The third kappa shape index (κ3) is 9.97. The van der Waals surface area contributed by atoms with Crippen molar-refractivity contribution in [2.75, 3.05) is 0 Å². The number of hydrogen-bond donors (Lipinski definition) is 0. The lowest BCUT2D eigenvalue weighted by Gasteiger charge is -2.18. The second-order valence-corrected chi connectivity index (χ2v) is 13.7. The summed E-state index contributed by atoms with van der Waals surface area (Å²) in [6.45, 7) is 13.3. The van der Waals surface area contributed by atoms with Crippen molar-refractivity contribution in [3.63, 3.8) is 0 Å². The molecule has 0 aliphatic heterocycles. The molecule has 4 rings (SSSR count). The van der Waals surface area contributed by atoms with E-state index in [2.05, 4.69) is 207 Å². The lowest BCUT2D eigenvalue weighted by molar-refractivity contribution is 0.590. The van der Waals surface area contributed by atoms with E-state index in [1.807, 2.05) is 0 Å². The van der Waals surface area contributed by atoms with E-state index in [0.29, 0.717) is 0 Å². The van der Waals surface area contributed by atoms with Gasteiger partial charge < -0.3 is 0 Å². The minimum atomic E-state index is 0.197. The summed E-state index contributed by atoms with van der Waals surface area (Å²) in [5.74, 6) is 12.8. The number of hydrogen-bond acceptors (Lipinski definition) is 0. The van der Waals surface area contributed by atoms with E-state index in [0.717, 1.165) is 22.3 Å². The van der Waals surface area contributed by atoms with Crippen LogP contribution < -0.4 is 0 Å². The van der Waals surface area contributed by atoms with Crippen molar-refractivity contribution >= 4 is 45.2 Å². The van der Waals surface area contributed by atoms with Crippen molar-refractivity contribution in [2.24, 2.45) is 0 Å². The highest BCUT2D eigenvalue weighted by Gasteiger charge is 2.13. The van der Waals surface area contributed by atoms with Gasteiger partial charge in [-0.15, -0.1) is 0 Å². The van der Waals surface area contributed by atoms with Gasteiger partial charge in [-0.3, -0.25) is 0 Å². The van der Waals surface area contributed by atoms with E-state index in [9.17, 15) is 0 Å². The third-order valence-electron chi connectivity index (χ3n) is 5.89. The zero-order valence-corrected chi connectivity index (χ0v) is 27.3. The highest BCUT2D eigenvalue weighted by Crippen LogP contribution is 2.23. The predicted molar refractivity (Wildman–Crippen MR) is 181 cm³/mol. The van der Waals surface area contributed by atoms with Crippen LogP contribution in [0.5, 0.6) is 0 Å². The van der Waals surface area contributed by atoms with Crippen LogP contribution in [0.1, 0.15) is 74.9 Å². The van der Waals surface area contributed by atoms with Crippen LogP contribution in [0.3, 0.4) is 0 Å². The summed E-state index contributed by atoms with van der Waals surface area (Å²) in [7, 11) is 0. The summed E-state index contributed by atoms with van der Waals surface area (Å²) in [5.41, 5.74) is 7.31. The number of benzene rings is 4. The second-order valence-electron chi connectivity index (χ2n) is 11.2. The van der Waals surface area contributed by atoms with Crippen molar-refractivity contribution in [1.29, 1.82) is 0 Å². The van der Waals surface area contributed by atoms with Crippen LogP contribution in [0.2, 0.25) is 0 Å². The van der Waals surface area contributed by atoms with Gasteiger partial charge in [-0.1, -0.05) is 89.5 Å². The van der Waals surface area contributed by atoms with E-state index in [-0.39, 0.29) is 10.8 Å². The second kappa shape index (κ2) is 13.5. The molecule has 0 unspecified atom stereocenters. The molecular formula is C36H34I2. The Hall–Kier alpha value is -2.54. The summed E-state index contributed by atoms with van der Waals surface area (Å²) < 4.78 is 2.47. The normalized spacial score (nSPS) is 10.7. The first kappa shape index (κ1) is 30.0. The Kier molecular flexibility index (Phi) is 10.7. The molecule has 0 aromatic heterocycles. The fraction of sp³-hybridized carbons (Fsp3) is 0.222. The molecule has 0 bridgehead atoms. The average Bonchev–Trinajstić information content (AvgIpc) is 2.88. The molecule has 38 heavy (non-hydrogen) atoms. The van der Waals surface area contributed by atoms with Gasteiger partial charge in [0.1, 0.15) is 0 Å². The van der Waals surface area contributed by atoms with Crippen LogP contribution in [-0.2, 0) is 10.8 Å². The maximum atomic E-state index is 3.21. The summed E-state index contributed by atoms with van der Waals surface area (Å²) in [6.07, 6.45) is 0. The third-order valence-corrected chi connectivity index (χ3v) is 7.33. The van der Waals surface area contributed by atoms with Crippen LogP contribution in [-0.4, -0.2) is 0 Å². The van der Waals surface area contributed by atoms with Gasteiger partial charge in [0.15, 0.2) is 0 Å². The molecule has 0 saturated heterocycles. The van der Waals surface area contributed by atoms with Crippen molar-refractivity contribution in [1.82, 2.24) is 0 Å². The lowest BCUT2D eigenvalue weighted by Crippen LogP contribution is -2.10. The summed E-state index contributed by atoms with van der Waals surface area (Å²) in [6, 6.07) is 33.6. The average molecular weight is 720 g/mol. The standard InChI is InChI=1S/2C18H17I/c2*1-18(2,3)16-10-6-14(7-11-16)4-5-15-8-12-17(19)13-9-15/h2*6-13H,1-3H3. The largest absolute Gasteiger partial charge is 0.0617 e. The maximum Gasteiger partial charge on any atom is 0.0249 e. The molecule has 0 saturated carbocycles. The van der Waals surface area contributed by atoms with E-state index in [1.54, 1.807) is 0 Å². The molecular weight excluding hydrogens is 686 g/mol. The van der Waals surface area contributed by atoms with Gasteiger partial charge >= 0.3 is 0 Å². The molecule has 0 atom stereocenters. The SMILES string of the molecule is CC(C)(C)c1ccc(C#Cc2ccc(I)cc2)cc1.CC(C)(C)c1ccc(C#Cc2ccc(I)cc2)cc1. The first-order valence-electron chi connectivity index (χ1n) is 12.7. The predicted octanol–water partition coefficient (Wildman–Crippen LogP) is 9.98. The van der Waals surface area contributed by atoms with Crippen LogP contribution in [0.25, 0.3) is 0 Å². The molecule has 0 amide bonds. The molecule has 4 aromatic carbocycles. The molecule has 4 aromatic rings. The van der Waals surface area contributed by atoms with E-state index in [1.165, 1.54) is 18.3 Å². The van der Waals surface area contributed by atoms with Gasteiger partial charge in [-0.05, 0) is 140 Å². The highest BCUT2D eigenvalue weighted by atomic mass is 127. The van der Waals surface area contributed by atoms with Crippen LogP contribution in [0.4, 0.5) is 0 Å². The van der Waals surface area contributed by atoms with Gasteiger partial charge in [0, 0.05) is 29.4 Å². The molecule has 2 heteroatoms. The highest BCUT2D eigenvalue weighted by molar-refractivity contribution is 14.1. The molecule has 0 radical (unpaired) electrons. The van der Waals surface area contributed by atoms with Crippen LogP contribution >= 0.6 is 45.2 Å². The minimum absolute atomic E-state index is 0.197. The molecule has 0 fully saturated rings. The van der Waals surface area contributed by atoms with Crippen molar-refractivity contribution in [3.8, 4) is 23.7 Å². The van der Waals surface area contributed by atoms with Crippen LogP contribution in [0, 0.1) is 30.8 Å². The lowest BCUT2D eigenvalue weighted by atomic mass is 9.87. The van der Waals surface area contributed by atoms with Gasteiger partial charge in [0.05, 0.1) is 0 Å². The Labute approximate surface area is 257 Å². The monoisotopic (exact) mass is 720 g/mol. The Morgan fingerprint density at radius 3 is 0.789 bits per heavy atom. The van der Waals surface area contributed by atoms with Gasteiger partial charge in [-0.2, -0.15) is 0 Å². The van der Waals surface area contributed by atoms with E-state index >= 15 is 0 Å². The minimum Gasteiger partial charge on any atom is -0.0617 e. The quantitative estimate of drug-likeness (QED) is 0.125. The first-order chi connectivity index (χ1) is 17.9. The summed E-state index contributed by atoms with van der Waals surface area (Å²) >= 11 is 4.60. The van der Waals surface area contributed by atoms with Crippen molar-refractivity contribution < 1.29 is 0 Å². The van der Waals surface area contributed by atoms with Gasteiger partial charge in [0.25, 0.3) is 0 Å². The molecule has 0 spiro atoms. The molecule has 0 N–H and O–H groups in total. The molecule has 0 aliphatic rings. The Bertz CT molecular complexity index is 1320. The maximum absolute atomic E-state index is 3.21. The molecule has 0 nitrogen and oxygen atoms in total. The fourth-order valence-corrected chi connectivity index (χ4v) is 4.18. The Balaban J connectivity index is 0.000000211. The number of rotatable bonds is 0. The Morgan fingerprint density at radius 2 is 0.579 bits per heavy atom. The zero-order valence-electron chi connectivity index (χ0n) is 23.0. The first-order valence-corrected chi connectivity index (χ1v) is 14.8. The van der Waals surface area contributed by atoms with E-state index < -0.39 is 0 Å². The molecule has 192 valence electrons. The van der Waals surface area contributed by atoms with Gasteiger partial charge in [0.2, 0.25) is 0 Å². The van der Waals surface area contributed by atoms with Crippen molar-refractivity contribution in [3.05, 3.63) is 138 Å². The smallest absolute Gasteiger partial charge is 0.0249 e. The van der Waals surface area contributed by atoms with Gasteiger partial charge in [-0.25, -0.2) is 0 Å². The topological polar surface area (TPSA) is 0 Å². The fourth-order valence-electron chi connectivity index (χ4n) is 3.46. The Morgan fingerprint density at radius 1 is 0.368 bits per heavy atom. The summed E-state index contributed by atoms with van der Waals surface area (Å²) in [4.78, 5) is 0. The summed E-state index contributed by atoms with van der Waals surface area (Å²) in [5, 5.41) is 0. The van der Waals surface area contributed by atoms with Crippen molar-refractivity contribution in [2.45, 2.75) is 52.4 Å². The van der Waals surface area contributed by atoms with E-state index in [4.69, 9.17) is 0 Å². The molecule has 0 heterocycles. The number of halogens is 2.